The first kappa shape index (κ1) is 15.9. The lowest BCUT2D eigenvalue weighted by Crippen LogP contribution is -2.27. The summed E-state index contributed by atoms with van der Waals surface area (Å²) in [6, 6.07) is 5.44. The minimum atomic E-state index is -0.108. The highest BCUT2D eigenvalue weighted by molar-refractivity contribution is 6.30. The van der Waals surface area contributed by atoms with E-state index in [1.165, 1.54) is 0 Å². The van der Waals surface area contributed by atoms with E-state index in [1.807, 2.05) is 17.6 Å². The lowest BCUT2D eigenvalue weighted by molar-refractivity contribution is 0.0940. The van der Waals surface area contributed by atoms with E-state index in [0.29, 0.717) is 29.6 Å². The first-order valence-corrected chi connectivity index (χ1v) is 8.30. The van der Waals surface area contributed by atoms with Crippen LogP contribution < -0.4 is 10.1 Å². The number of aromatic nitrogens is 2. The molecule has 5 nitrogen and oxygen atoms in total. The van der Waals surface area contributed by atoms with Gasteiger partial charge in [-0.1, -0.05) is 17.7 Å². The van der Waals surface area contributed by atoms with E-state index in [4.69, 9.17) is 16.3 Å². The third-order valence-corrected chi connectivity index (χ3v) is 4.21. The first-order chi connectivity index (χ1) is 11.2. The Bertz CT molecular complexity index is 712. The number of imidazole rings is 1. The van der Waals surface area contributed by atoms with E-state index in [9.17, 15) is 4.79 Å². The lowest BCUT2D eigenvalue weighted by Gasteiger charge is -2.16. The molecule has 0 spiro atoms. The van der Waals surface area contributed by atoms with Gasteiger partial charge in [0.15, 0.2) is 0 Å². The molecule has 0 fully saturated rings. The number of fused-ring (bicyclic) bond motifs is 1. The molecule has 0 atom stereocenters. The Balaban J connectivity index is 1.71. The molecule has 1 aliphatic rings. The van der Waals surface area contributed by atoms with Gasteiger partial charge in [0.25, 0.3) is 5.91 Å². The van der Waals surface area contributed by atoms with E-state index in [2.05, 4.69) is 10.3 Å². The van der Waals surface area contributed by atoms with Crippen LogP contribution in [0.4, 0.5) is 0 Å². The number of benzene rings is 1. The molecular weight excluding hydrogens is 314 g/mol. The largest absolute Gasteiger partial charge is 0.493 e. The number of halogens is 1. The molecule has 0 bridgehead atoms. The molecule has 0 radical (unpaired) electrons. The molecule has 0 saturated heterocycles. The van der Waals surface area contributed by atoms with Crippen LogP contribution in [0.25, 0.3) is 0 Å². The van der Waals surface area contributed by atoms with Gasteiger partial charge >= 0.3 is 0 Å². The van der Waals surface area contributed by atoms with Crippen molar-refractivity contribution < 1.29 is 9.53 Å². The van der Waals surface area contributed by atoms with Gasteiger partial charge in [-0.2, -0.15) is 0 Å². The van der Waals surface area contributed by atoms with Crippen molar-refractivity contribution in [3.05, 3.63) is 46.5 Å². The topological polar surface area (TPSA) is 56.1 Å². The maximum Gasteiger partial charge on any atom is 0.269 e. The van der Waals surface area contributed by atoms with Crippen molar-refractivity contribution in [2.24, 2.45) is 0 Å². The maximum absolute atomic E-state index is 12.4. The van der Waals surface area contributed by atoms with E-state index in [1.54, 1.807) is 18.3 Å². The zero-order valence-corrected chi connectivity index (χ0v) is 13.9. The van der Waals surface area contributed by atoms with E-state index in [-0.39, 0.29) is 5.91 Å². The van der Waals surface area contributed by atoms with Crippen LogP contribution in [0.1, 0.15) is 41.6 Å². The molecule has 23 heavy (non-hydrogen) atoms. The van der Waals surface area contributed by atoms with Crippen molar-refractivity contribution in [1.82, 2.24) is 14.9 Å². The molecule has 2 heterocycles. The van der Waals surface area contributed by atoms with Gasteiger partial charge < -0.3 is 14.6 Å². The van der Waals surface area contributed by atoms with Gasteiger partial charge in [0.2, 0.25) is 0 Å². The van der Waals surface area contributed by atoms with Gasteiger partial charge in [0.1, 0.15) is 17.3 Å². The minimum Gasteiger partial charge on any atom is -0.493 e. The number of aryl methyl sites for hydroxylation is 1. The molecule has 1 aliphatic heterocycles. The second-order valence-electron chi connectivity index (χ2n) is 5.54. The van der Waals surface area contributed by atoms with Gasteiger partial charge in [0, 0.05) is 30.1 Å². The summed E-state index contributed by atoms with van der Waals surface area (Å²) in [5, 5.41) is 3.57. The summed E-state index contributed by atoms with van der Waals surface area (Å²) in [6.45, 7) is 3.73. The highest BCUT2D eigenvalue weighted by Crippen LogP contribution is 2.23. The zero-order chi connectivity index (χ0) is 16.2. The molecule has 1 N–H and O–H groups in total. The zero-order valence-electron chi connectivity index (χ0n) is 13.1. The van der Waals surface area contributed by atoms with Gasteiger partial charge in [-0.15, -0.1) is 0 Å². The number of hydrogen-bond acceptors (Lipinski definition) is 3. The van der Waals surface area contributed by atoms with Crippen LogP contribution in [0, 0.1) is 0 Å². The van der Waals surface area contributed by atoms with Crippen molar-refractivity contribution in [1.29, 1.82) is 0 Å². The quantitative estimate of drug-likeness (QED) is 0.914. The number of nitrogens with one attached hydrogen (secondary N) is 1. The average Bonchev–Trinajstić information content (AvgIpc) is 2.98. The number of ether oxygens (including phenoxy) is 1. The Labute approximate surface area is 140 Å². The van der Waals surface area contributed by atoms with E-state index < -0.39 is 0 Å². The molecular formula is C17H20ClN3O2. The number of carbonyl (C=O) groups excluding carboxylic acids is 1. The number of hydrogen-bond donors (Lipinski definition) is 1. The SMILES string of the molecule is CCOc1cc(Cl)ccc1CNC(=O)c1cnc2n1CCCC2. The molecule has 0 aliphatic carbocycles. The van der Waals surface area contributed by atoms with Crippen LogP contribution >= 0.6 is 11.6 Å². The standard InChI is InChI=1S/C17H20ClN3O2/c1-2-23-15-9-13(18)7-6-12(15)10-20-17(22)14-11-19-16-5-3-4-8-21(14)16/h6-7,9,11H,2-5,8,10H2,1H3,(H,20,22). The highest BCUT2D eigenvalue weighted by atomic mass is 35.5. The molecule has 1 aromatic heterocycles. The van der Waals surface area contributed by atoms with Crippen LogP contribution in [0.3, 0.4) is 0 Å². The van der Waals surface area contributed by atoms with Crippen molar-refractivity contribution in [2.75, 3.05) is 6.61 Å². The summed E-state index contributed by atoms with van der Waals surface area (Å²) < 4.78 is 7.60. The second kappa shape index (κ2) is 7.04. The smallest absolute Gasteiger partial charge is 0.269 e. The van der Waals surface area contributed by atoms with E-state index >= 15 is 0 Å². The number of amides is 1. The predicted octanol–water partition coefficient (Wildman–Crippen LogP) is 3.20. The molecule has 1 aromatic carbocycles. The molecule has 3 rings (SSSR count). The van der Waals surface area contributed by atoms with Crippen molar-refractivity contribution in [2.45, 2.75) is 39.3 Å². The summed E-state index contributed by atoms with van der Waals surface area (Å²) in [6.07, 6.45) is 4.84. The maximum atomic E-state index is 12.4. The van der Waals surface area contributed by atoms with Crippen molar-refractivity contribution in [3.63, 3.8) is 0 Å². The van der Waals surface area contributed by atoms with Crippen molar-refractivity contribution in [3.8, 4) is 5.75 Å². The Kier molecular flexibility index (Phi) is 4.86. The average molecular weight is 334 g/mol. The normalized spacial score (nSPS) is 13.5. The van der Waals surface area contributed by atoms with Gasteiger partial charge in [-0.3, -0.25) is 4.79 Å². The highest BCUT2D eigenvalue weighted by Gasteiger charge is 2.19. The third-order valence-electron chi connectivity index (χ3n) is 3.97. The molecule has 2 aromatic rings. The summed E-state index contributed by atoms with van der Waals surface area (Å²) in [7, 11) is 0. The van der Waals surface area contributed by atoms with Crippen LogP contribution in [-0.4, -0.2) is 22.1 Å². The summed E-state index contributed by atoms with van der Waals surface area (Å²) in [4.78, 5) is 16.8. The summed E-state index contributed by atoms with van der Waals surface area (Å²) >= 11 is 6.00. The van der Waals surface area contributed by atoms with Gasteiger partial charge in [-0.25, -0.2) is 4.98 Å². The predicted molar refractivity (Wildman–Crippen MR) is 89.0 cm³/mol. The van der Waals surface area contributed by atoms with Crippen LogP contribution in [0.15, 0.2) is 24.4 Å². The molecule has 6 heteroatoms. The summed E-state index contributed by atoms with van der Waals surface area (Å²) in [5.41, 5.74) is 1.54. The fourth-order valence-corrected chi connectivity index (χ4v) is 2.99. The first-order valence-electron chi connectivity index (χ1n) is 7.93. The Hall–Kier alpha value is -2.01. The number of carbonyl (C=O) groups is 1. The Morgan fingerprint density at radius 2 is 2.30 bits per heavy atom. The monoisotopic (exact) mass is 333 g/mol. The summed E-state index contributed by atoms with van der Waals surface area (Å²) in [5.74, 6) is 1.60. The fraction of sp³-hybridized carbons (Fsp3) is 0.412. The second-order valence-corrected chi connectivity index (χ2v) is 5.97. The minimum absolute atomic E-state index is 0.108. The Morgan fingerprint density at radius 3 is 3.13 bits per heavy atom. The molecule has 0 unspecified atom stereocenters. The van der Waals surface area contributed by atoms with Gasteiger partial charge in [-0.05, 0) is 31.9 Å². The van der Waals surface area contributed by atoms with Gasteiger partial charge in [0.05, 0.1) is 12.8 Å². The van der Waals surface area contributed by atoms with Crippen LogP contribution in [0.5, 0.6) is 5.75 Å². The third kappa shape index (κ3) is 3.50. The lowest BCUT2D eigenvalue weighted by atomic mass is 10.1. The number of nitrogens with zero attached hydrogens (tertiary/aromatic N) is 2. The van der Waals surface area contributed by atoms with Crippen LogP contribution in [-0.2, 0) is 19.5 Å². The molecule has 1 amide bonds. The fourth-order valence-electron chi connectivity index (χ4n) is 2.83. The van der Waals surface area contributed by atoms with E-state index in [0.717, 1.165) is 37.2 Å². The van der Waals surface area contributed by atoms with Crippen molar-refractivity contribution >= 4 is 17.5 Å². The van der Waals surface area contributed by atoms with Crippen LogP contribution in [0.2, 0.25) is 5.02 Å². The Morgan fingerprint density at radius 1 is 1.43 bits per heavy atom. The number of rotatable bonds is 5. The molecule has 122 valence electrons. The molecule has 0 saturated carbocycles.